The van der Waals surface area contributed by atoms with Crippen LogP contribution in [-0.4, -0.2) is 54.2 Å². The first-order valence-electron chi connectivity index (χ1n) is 6.41. The number of urea groups is 1. The van der Waals surface area contributed by atoms with Crippen LogP contribution in [0.2, 0.25) is 0 Å². The van der Waals surface area contributed by atoms with Gasteiger partial charge in [0.1, 0.15) is 0 Å². The van der Waals surface area contributed by atoms with Gasteiger partial charge in [0.2, 0.25) is 0 Å². The number of nitrogens with zero attached hydrogens (tertiary/aromatic N) is 1. The summed E-state index contributed by atoms with van der Waals surface area (Å²) in [5.41, 5.74) is 0. The number of carboxylic acids is 1. The van der Waals surface area contributed by atoms with E-state index in [2.05, 4.69) is 5.32 Å². The van der Waals surface area contributed by atoms with E-state index in [0.717, 1.165) is 0 Å². The summed E-state index contributed by atoms with van der Waals surface area (Å²) in [6.45, 7) is 4.85. The van der Waals surface area contributed by atoms with Gasteiger partial charge in [0.25, 0.3) is 0 Å². The summed E-state index contributed by atoms with van der Waals surface area (Å²) in [7, 11) is 0. The number of carbonyl (C=O) groups is 3. The average Bonchev–Trinajstić information content (AvgIpc) is 2.35. The van der Waals surface area contributed by atoms with Gasteiger partial charge in [-0.05, 0) is 20.3 Å². The molecule has 7 nitrogen and oxygen atoms in total. The number of esters is 1. The number of ether oxygens (including phenoxy) is 1. The van der Waals surface area contributed by atoms with Crippen molar-refractivity contribution in [2.24, 2.45) is 0 Å². The van der Waals surface area contributed by atoms with Crippen molar-refractivity contribution in [3.05, 3.63) is 0 Å². The number of hydrogen-bond donors (Lipinski definition) is 2. The lowest BCUT2D eigenvalue weighted by Gasteiger charge is -2.20. The largest absolute Gasteiger partial charge is 0.481 e. The Morgan fingerprint density at radius 2 is 1.89 bits per heavy atom. The van der Waals surface area contributed by atoms with Crippen molar-refractivity contribution in [1.82, 2.24) is 10.2 Å². The van der Waals surface area contributed by atoms with Crippen molar-refractivity contribution in [2.45, 2.75) is 33.1 Å². The molecule has 0 radical (unpaired) electrons. The Morgan fingerprint density at radius 3 is 2.42 bits per heavy atom. The third-order valence-corrected chi connectivity index (χ3v) is 2.40. The molecule has 7 heteroatoms. The molecule has 0 heterocycles. The van der Waals surface area contributed by atoms with Crippen molar-refractivity contribution in [1.29, 1.82) is 0 Å². The molecule has 0 aliphatic rings. The fraction of sp³-hybridized carbons (Fsp3) is 0.750. The van der Waals surface area contributed by atoms with E-state index in [4.69, 9.17) is 9.84 Å². The van der Waals surface area contributed by atoms with E-state index < -0.39 is 5.97 Å². The van der Waals surface area contributed by atoms with Gasteiger partial charge in [-0.2, -0.15) is 0 Å². The normalized spacial score (nSPS) is 9.79. The number of carboxylic acid groups (broad SMARTS) is 1. The van der Waals surface area contributed by atoms with Crippen molar-refractivity contribution in [3.8, 4) is 0 Å². The molecule has 2 N–H and O–H groups in total. The molecular formula is C12H22N2O5. The monoisotopic (exact) mass is 274 g/mol. The maximum atomic E-state index is 11.7. The van der Waals surface area contributed by atoms with Gasteiger partial charge in [0.05, 0.1) is 13.0 Å². The summed E-state index contributed by atoms with van der Waals surface area (Å²) >= 11 is 0. The molecule has 0 unspecified atom stereocenters. The molecule has 0 bridgehead atoms. The van der Waals surface area contributed by atoms with Crippen molar-refractivity contribution in [3.63, 3.8) is 0 Å². The summed E-state index contributed by atoms with van der Waals surface area (Å²) in [6, 6.07) is -0.312. The van der Waals surface area contributed by atoms with Crippen LogP contribution in [0.5, 0.6) is 0 Å². The molecule has 0 aromatic carbocycles. The van der Waals surface area contributed by atoms with Gasteiger partial charge in [0, 0.05) is 26.1 Å². The standard InChI is InChI=1S/C12H22N2O5/c1-3-14(9-7-10(15)16)12(18)13-8-5-6-11(17)19-4-2/h3-9H2,1-2H3,(H,13,18)(H,15,16). The lowest BCUT2D eigenvalue weighted by Crippen LogP contribution is -2.41. The van der Waals surface area contributed by atoms with Crippen LogP contribution in [-0.2, 0) is 14.3 Å². The highest BCUT2D eigenvalue weighted by Gasteiger charge is 2.12. The van der Waals surface area contributed by atoms with Crippen molar-refractivity contribution < 1.29 is 24.2 Å². The molecule has 19 heavy (non-hydrogen) atoms. The van der Waals surface area contributed by atoms with Crippen LogP contribution >= 0.6 is 0 Å². The predicted molar refractivity (Wildman–Crippen MR) is 68.8 cm³/mol. The second-order valence-corrected chi connectivity index (χ2v) is 3.86. The molecule has 0 aliphatic heterocycles. The van der Waals surface area contributed by atoms with Crippen molar-refractivity contribution in [2.75, 3.05) is 26.2 Å². The lowest BCUT2D eigenvalue weighted by molar-refractivity contribution is -0.143. The number of aliphatic carboxylic acids is 1. The molecule has 2 amide bonds. The summed E-state index contributed by atoms with van der Waals surface area (Å²) in [5.74, 6) is -1.22. The van der Waals surface area contributed by atoms with E-state index in [9.17, 15) is 14.4 Å². The fourth-order valence-electron chi connectivity index (χ4n) is 1.41. The molecule has 0 saturated heterocycles. The Balaban J connectivity index is 3.81. The highest BCUT2D eigenvalue weighted by atomic mass is 16.5. The molecule has 0 fully saturated rings. The maximum Gasteiger partial charge on any atom is 0.317 e. The minimum absolute atomic E-state index is 0.0793. The average molecular weight is 274 g/mol. The van der Waals surface area contributed by atoms with Crippen LogP contribution in [0.25, 0.3) is 0 Å². The minimum Gasteiger partial charge on any atom is -0.481 e. The molecule has 110 valence electrons. The fourth-order valence-corrected chi connectivity index (χ4v) is 1.41. The molecule has 0 atom stereocenters. The Morgan fingerprint density at radius 1 is 1.21 bits per heavy atom. The van der Waals surface area contributed by atoms with Crippen LogP contribution in [0.1, 0.15) is 33.1 Å². The topological polar surface area (TPSA) is 95.9 Å². The van der Waals surface area contributed by atoms with E-state index in [-0.39, 0.29) is 31.4 Å². The quantitative estimate of drug-likeness (QED) is 0.479. The minimum atomic E-state index is -0.937. The zero-order valence-corrected chi connectivity index (χ0v) is 11.5. The van der Waals surface area contributed by atoms with Crippen LogP contribution in [0.15, 0.2) is 0 Å². The van der Waals surface area contributed by atoms with E-state index in [1.807, 2.05) is 0 Å². The third-order valence-electron chi connectivity index (χ3n) is 2.40. The van der Waals surface area contributed by atoms with Gasteiger partial charge in [-0.3, -0.25) is 9.59 Å². The number of rotatable bonds is 9. The Labute approximate surface area is 112 Å². The molecule has 0 aliphatic carbocycles. The lowest BCUT2D eigenvalue weighted by atomic mass is 10.3. The number of carbonyl (C=O) groups excluding carboxylic acids is 2. The van der Waals surface area contributed by atoms with Gasteiger partial charge >= 0.3 is 18.0 Å². The first-order chi connectivity index (χ1) is 9.01. The van der Waals surface area contributed by atoms with E-state index >= 15 is 0 Å². The van der Waals surface area contributed by atoms with Crippen LogP contribution < -0.4 is 5.32 Å². The molecule has 0 aromatic heterocycles. The van der Waals surface area contributed by atoms with Gasteiger partial charge in [-0.1, -0.05) is 0 Å². The first-order valence-corrected chi connectivity index (χ1v) is 6.41. The van der Waals surface area contributed by atoms with E-state index in [1.54, 1.807) is 13.8 Å². The Bertz CT molecular complexity index is 306. The third kappa shape index (κ3) is 8.87. The predicted octanol–water partition coefficient (Wildman–Crippen LogP) is 0.836. The molecular weight excluding hydrogens is 252 g/mol. The Hall–Kier alpha value is -1.79. The summed E-state index contributed by atoms with van der Waals surface area (Å²) in [4.78, 5) is 34.6. The zero-order chi connectivity index (χ0) is 14.7. The highest BCUT2D eigenvalue weighted by Crippen LogP contribution is 1.95. The second-order valence-electron chi connectivity index (χ2n) is 3.86. The van der Waals surface area contributed by atoms with Gasteiger partial charge in [0.15, 0.2) is 0 Å². The summed E-state index contributed by atoms with van der Waals surface area (Å²) in [6.07, 6.45) is 0.681. The van der Waals surface area contributed by atoms with E-state index in [1.165, 1.54) is 4.90 Å². The summed E-state index contributed by atoms with van der Waals surface area (Å²) in [5, 5.41) is 11.2. The smallest absolute Gasteiger partial charge is 0.317 e. The first kappa shape index (κ1) is 17.2. The van der Waals surface area contributed by atoms with Gasteiger partial charge in [-0.15, -0.1) is 0 Å². The van der Waals surface area contributed by atoms with Crippen molar-refractivity contribution >= 4 is 18.0 Å². The Kier molecular flexibility index (Phi) is 9.20. The van der Waals surface area contributed by atoms with E-state index in [0.29, 0.717) is 26.1 Å². The van der Waals surface area contributed by atoms with Crippen LogP contribution in [0.4, 0.5) is 4.79 Å². The maximum absolute atomic E-state index is 11.7. The summed E-state index contributed by atoms with van der Waals surface area (Å²) < 4.78 is 4.76. The number of amides is 2. The number of hydrogen-bond acceptors (Lipinski definition) is 4. The molecule has 0 saturated carbocycles. The molecule has 0 rings (SSSR count). The van der Waals surface area contributed by atoms with Gasteiger partial charge in [-0.25, -0.2) is 4.79 Å². The van der Waals surface area contributed by atoms with Crippen LogP contribution in [0, 0.1) is 0 Å². The van der Waals surface area contributed by atoms with Crippen LogP contribution in [0.3, 0.4) is 0 Å². The SMILES string of the molecule is CCOC(=O)CCCNC(=O)N(CC)CCC(=O)O. The highest BCUT2D eigenvalue weighted by molar-refractivity contribution is 5.75. The molecule has 0 aromatic rings. The number of nitrogens with one attached hydrogen (secondary N) is 1. The zero-order valence-electron chi connectivity index (χ0n) is 11.5. The van der Waals surface area contributed by atoms with Gasteiger partial charge < -0.3 is 20.1 Å². The second kappa shape index (κ2) is 10.2. The molecule has 0 spiro atoms.